The van der Waals surface area contributed by atoms with E-state index in [-0.39, 0.29) is 23.5 Å². The van der Waals surface area contributed by atoms with Gasteiger partial charge >= 0.3 is 12.1 Å². The van der Waals surface area contributed by atoms with Gasteiger partial charge < -0.3 is 20.4 Å². The number of benzene rings is 1. The van der Waals surface area contributed by atoms with Gasteiger partial charge in [-0.3, -0.25) is 0 Å². The van der Waals surface area contributed by atoms with E-state index in [0.717, 1.165) is 23.4 Å². The Morgan fingerprint density at radius 2 is 2.12 bits per heavy atom. The maximum atomic E-state index is 12.5. The van der Waals surface area contributed by atoms with E-state index < -0.39 is 0 Å². The number of halogens is 1. The summed E-state index contributed by atoms with van der Waals surface area (Å²) < 4.78 is 0. The number of fused-ring (bicyclic) bond motifs is 1. The molecule has 2 aliphatic heterocycles. The van der Waals surface area contributed by atoms with Crippen LogP contribution in [-0.2, 0) is 5.41 Å². The monoisotopic (exact) mass is 348 g/mol. The van der Waals surface area contributed by atoms with E-state index in [2.05, 4.69) is 16.7 Å². The predicted molar refractivity (Wildman–Crippen MR) is 91.2 cm³/mol. The molecule has 1 saturated carbocycles. The van der Waals surface area contributed by atoms with E-state index in [4.69, 9.17) is 11.6 Å². The van der Waals surface area contributed by atoms with Crippen LogP contribution in [-0.4, -0.2) is 60.6 Å². The maximum Gasteiger partial charge on any atom is 0.317 e. The number of hydrogen-bond acceptors (Lipinski definition) is 2. The molecule has 4 rings (SSSR count). The average Bonchev–Trinajstić information content (AvgIpc) is 3.30. The number of rotatable bonds is 3. The molecule has 1 aromatic rings. The largest absolute Gasteiger partial charge is 0.337 e. The number of nitrogens with zero attached hydrogens (tertiary/aromatic N) is 2. The molecule has 2 heterocycles. The van der Waals surface area contributed by atoms with Crippen molar-refractivity contribution in [2.24, 2.45) is 0 Å². The minimum Gasteiger partial charge on any atom is -0.337 e. The molecule has 0 radical (unpaired) electrons. The van der Waals surface area contributed by atoms with Gasteiger partial charge in [-0.05, 0) is 24.5 Å². The molecule has 7 heteroatoms. The van der Waals surface area contributed by atoms with E-state index in [1.807, 2.05) is 28.0 Å². The van der Waals surface area contributed by atoms with Gasteiger partial charge in [0.2, 0.25) is 0 Å². The van der Waals surface area contributed by atoms with Gasteiger partial charge in [0.15, 0.2) is 0 Å². The maximum absolute atomic E-state index is 12.5. The summed E-state index contributed by atoms with van der Waals surface area (Å²) in [5.41, 5.74) is 1.11. The lowest BCUT2D eigenvalue weighted by Crippen LogP contribution is -2.56. The number of hydrogen-bond donors (Lipinski definition) is 2. The van der Waals surface area contributed by atoms with Crippen molar-refractivity contribution in [3.63, 3.8) is 0 Å². The van der Waals surface area contributed by atoms with Crippen LogP contribution in [0.2, 0.25) is 5.02 Å². The zero-order chi connectivity index (χ0) is 16.7. The van der Waals surface area contributed by atoms with E-state index in [9.17, 15) is 9.59 Å². The molecule has 4 amide bonds. The molecule has 128 valence electrons. The molecule has 3 fully saturated rings. The molecule has 0 spiro atoms. The second kappa shape index (κ2) is 5.84. The van der Waals surface area contributed by atoms with Crippen molar-refractivity contribution in [1.29, 1.82) is 0 Å². The minimum absolute atomic E-state index is 0.0132. The van der Waals surface area contributed by atoms with Crippen LogP contribution in [0, 0.1) is 0 Å². The highest BCUT2D eigenvalue weighted by Gasteiger charge is 2.46. The average molecular weight is 349 g/mol. The summed E-state index contributed by atoms with van der Waals surface area (Å²) in [5.74, 6) is 0. The van der Waals surface area contributed by atoms with Crippen LogP contribution < -0.4 is 10.6 Å². The molecule has 24 heavy (non-hydrogen) atoms. The van der Waals surface area contributed by atoms with E-state index >= 15 is 0 Å². The van der Waals surface area contributed by atoms with Gasteiger partial charge in [0.25, 0.3) is 0 Å². The van der Waals surface area contributed by atoms with Crippen LogP contribution in [0.4, 0.5) is 9.59 Å². The van der Waals surface area contributed by atoms with Crippen molar-refractivity contribution in [3.8, 4) is 0 Å². The molecular formula is C17H21ClN4O2. The summed E-state index contributed by atoms with van der Waals surface area (Å²) in [6.07, 6.45) is 2.09. The van der Waals surface area contributed by atoms with Gasteiger partial charge in [-0.2, -0.15) is 0 Å². The van der Waals surface area contributed by atoms with Crippen LogP contribution >= 0.6 is 11.6 Å². The highest BCUT2D eigenvalue weighted by Crippen LogP contribution is 2.49. The lowest BCUT2D eigenvalue weighted by molar-refractivity contribution is 0.129. The highest BCUT2D eigenvalue weighted by molar-refractivity contribution is 6.31. The second-order valence-electron chi connectivity index (χ2n) is 6.90. The van der Waals surface area contributed by atoms with E-state index in [1.165, 1.54) is 0 Å². The number of urea groups is 2. The molecule has 1 aliphatic carbocycles. The normalized spacial score (nSPS) is 24.4. The third kappa shape index (κ3) is 2.69. The quantitative estimate of drug-likeness (QED) is 0.874. The lowest BCUT2D eigenvalue weighted by atomic mass is 9.96. The molecule has 0 bridgehead atoms. The summed E-state index contributed by atoms with van der Waals surface area (Å²) in [6, 6.07) is 7.90. The summed E-state index contributed by atoms with van der Waals surface area (Å²) in [4.78, 5) is 27.8. The molecular weight excluding hydrogens is 328 g/mol. The standard InChI is InChI=1S/C17H21ClN4O2/c18-14-4-2-1-3-13(14)17(5-6-17)11-20-15(23)21-7-8-22-12(10-21)9-19-16(22)24/h1-4,12H,5-11H2,(H,19,24)(H,20,23)/t12-/m0/s1. The molecule has 0 aromatic heterocycles. The van der Waals surface area contributed by atoms with Gasteiger partial charge in [0, 0.05) is 43.2 Å². The third-order valence-corrected chi connectivity index (χ3v) is 5.73. The van der Waals surface area contributed by atoms with Gasteiger partial charge in [0.05, 0.1) is 6.04 Å². The second-order valence-corrected chi connectivity index (χ2v) is 7.31. The Balaban J connectivity index is 1.36. The SMILES string of the molecule is O=C(NCC1(c2ccccc2Cl)CC1)N1CCN2C(=O)NC[C@H]2C1. The summed E-state index contributed by atoms with van der Waals surface area (Å²) in [6.45, 7) is 2.99. The van der Waals surface area contributed by atoms with Crippen LogP contribution in [0.5, 0.6) is 0 Å². The molecule has 2 saturated heterocycles. The summed E-state index contributed by atoms with van der Waals surface area (Å²) >= 11 is 6.32. The Morgan fingerprint density at radius 3 is 2.88 bits per heavy atom. The fourth-order valence-electron chi connectivity index (χ4n) is 3.73. The van der Waals surface area contributed by atoms with Crippen LogP contribution in [0.1, 0.15) is 18.4 Å². The van der Waals surface area contributed by atoms with E-state index in [0.29, 0.717) is 32.7 Å². The van der Waals surface area contributed by atoms with Gasteiger partial charge in [-0.25, -0.2) is 9.59 Å². The van der Waals surface area contributed by atoms with Crippen molar-refractivity contribution in [3.05, 3.63) is 34.9 Å². The molecule has 1 atom stereocenters. The lowest BCUT2D eigenvalue weighted by Gasteiger charge is -2.36. The Labute approximate surface area is 146 Å². The number of nitrogens with one attached hydrogen (secondary N) is 2. The Bertz CT molecular complexity index is 676. The van der Waals surface area contributed by atoms with E-state index in [1.54, 1.807) is 0 Å². The first-order valence-corrected chi connectivity index (χ1v) is 8.79. The number of carbonyl (C=O) groups excluding carboxylic acids is 2. The molecule has 2 N–H and O–H groups in total. The summed E-state index contributed by atoms with van der Waals surface area (Å²) in [7, 11) is 0. The molecule has 1 aromatic carbocycles. The first-order valence-electron chi connectivity index (χ1n) is 8.41. The molecule has 3 aliphatic rings. The molecule has 6 nitrogen and oxygen atoms in total. The van der Waals surface area contributed by atoms with Crippen molar-refractivity contribution >= 4 is 23.7 Å². The van der Waals surface area contributed by atoms with Gasteiger partial charge in [0.1, 0.15) is 0 Å². The van der Waals surface area contributed by atoms with Crippen molar-refractivity contribution in [1.82, 2.24) is 20.4 Å². The highest BCUT2D eigenvalue weighted by atomic mass is 35.5. The smallest absolute Gasteiger partial charge is 0.317 e. The van der Waals surface area contributed by atoms with Crippen LogP contribution in [0.25, 0.3) is 0 Å². The van der Waals surface area contributed by atoms with Crippen LogP contribution in [0.15, 0.2) is 24.3 Å². The Kier molecular flexibility index (Phi) is 3.79. The fraction of sp³-hybridized carbons (Fsp3) is 0.529. The number of piperazine rings is 1. The first kappa shape index (κ1) is 15.6. The predicted octanol–water partition coefficient (Wildman–Crippen LogP) is 1.79. The number of amides is 4. The minimum atomic E-state index is -0.0488. The zero-order valence-corrected chi connectivity index (χ0v) is 14.2. The summed E-state index contributed by atoms with van der Waals surface area (Å²) in [5, 5.41) is 6.68. The van der Waals surface area contributed by atoms with Crippen molar-refractivity contribution < 1.29 is 9.59 Å². The zero-order valence-electron chi connectivity index (χ0n) is 13.4. The Hall–Kier alpha value is -1.95. The molecule has 0 unspecified atom stereocenters. The fourth-order valence-corrected chi connectivity index (χ4v) is 4.06. The third-order valence-electron chi connectivity index (χ3n) is 5.40. The van der Waals surface area contributed by atoms with Gasteiger partial charge in [-0.15, -0.1) is 0 Å². The number of carbonyl (C=O) groups is 2. The Morgan fingerprint density at radius 1 is 1.33 bits per heavy atom. The van der Waals surface area contributed by atoms with Crippen molar-refractivity contribution in [2.45, 2.75) is 24.3 Å². The van der Waals surface area contributed by atoms with Crippen molar-refractivity contribution in [2.75, 3.05) is 32.7 Å². The van der Waals surface area contributed by atoms with Gasteiger partial charge in [-0.1, -0.05) is 29.8 Å². The topological polar surface area (TPSA) is 64.7 Å². The first-order chi connectivity index (χ1) is 11.6. The van der Waals surface area contributed by atoms with Crippen LogP contribution in [0.3, 0.4) is 0 Å².